The molecular weight excluding hydrogens is 318 g/mol. The van der Waals surface area contributed by atoms with E-state index in [0.717, 1.165) is 0 Å². The van der Waals surface area contributed by atoms with Crippen molar-refractivity contribution in [1.29, 1.82) is 5.26 Å². The number of hydrogen-bond acceptors (Lipinski definition) is 4. The number of carbonyl (C=O) groups excluding carboxylic acids is 3. The van der Waals surface area contributed by atoms with Gasteiger partial charge in [-0.25, -0.2) is 0 Å². The van der Waals surface area contributed by atoms with Gasteiger partial charge in [-0.15, -0.1) is 0 Å². The monoisotopic (exact) mass is 335 g/mol. The fourth-order valence-corrected chi connectivity index (χ4v) is 2.33. The van der Waals surface area contributed by atoms with Gasteiger partial charge < -0.3 is 10.2 Å². The van der Waals surface area contributed by atoms with Crippen LogP contribution < -0.4 is 10.2 Å². The van der Waals surface area contributed by atoms with Crippen molar-refractivity contribution in [2.75, 3.05) is 16.8 Å². The van der Waals surface area contributed by atoms with Crippen molar-refractivity contribution in [3.05, 3.63) is 59.7 Å². The Bertz CT molecular complexity index is 868. The molecule has 0 atom stereocenters. The molecule has 0 aliphatic heterocycles. The first-order valence-electron chi connectivity index (χ1n) is 7.60. The Kier molecular flexibility index (Phi) is 5.64. The van der Waals surface area contributed by atoms with Crippen LogP contribution >= 0.6 is 0 Å². The van der Waals surface area contributed by atoms with Gasteiger partial charge in [0, 0.05) is 18.2 Å². The molecule has 0 aliphatic rings. The average Bonchev–Trinajstić information content (AvgIpc) is 2.59. The molecule has 0 fully saturated rings. The number of nitrogens with one attached hydrogen (secondary N) is 1. The number of amides is 2. The summed E-state index contributed by atoms with van der Waals surface area (Å²) in [5.41, 5.74) is 1.64. The number of benzene rings is 2. The molecule has 0 spiro atoms. The van der Waals surface area contributed by atoms with Crippen molar-refractivity contribution in [2.45, 2.75) is 13.8 Å². The lowest BCUT2D eigenvalue weighted by molar-refractivity contribution is -0.120. The molecule has 2 amide bonds. The van der Waals surface area contributed by atoms with Crippen LogP contribution in [0.5, 0.6) is 0 Å². The summed E-state index contributed by atoms with van der Waals surface area (Å²) in [6.45, 7) is 2.54. The molecule has 0 radical (unpaired) electrons. The van der Waals surface area contributed by atoms with E-state index >= 15 is 0 Å². The standard InChI is InChI=1S/C19H17N3O3/c1-13(23)15-7-5-8-17(10-15)21-19(25)12-22(14(2)24)18-9-4-3-6-16(18)11-20/h3-10H,12H2,1-2H3,(H,21,25). The molecule has 1 N–H and O–H groups in total. The molecule has 0 saturated heterocycles. The third kappa shape index (κ3) is 4.52. The van der Waals surface area contributed by atoms with E-state index in [1.165, 1.54) is 18.7 Å². The van der Waals surface area contributed by atoms with Gasteiger partial charge in [0.1, 0.15) is 12.6 Å². The number of hydrogen-bond donors (Lipinski definition) is 1. The number of para-hydroxylation sites is 1. The number of anilines is 2. The highest BCUT2D eigenvalue weighted by Gasteiger charge is 2.18. The first kappa shape index (κ1) is 17.9. The lowest BCUT2D eigenvalue weighted by Gasteiger charge is -2.21. The Morgan fingerprint density at radius 2 is 1.80 bits per heavy atom. The minimum absolute atomic E-state index is 0.107. The van der Waals surface area contributed by atoms with Gasteiger partial charge in [0.05, 0.1) is 11.3 Å². The largest absolute Gasteiger partial charge is 0.325 e. The van der Waals surface area contributed by atoms with Gasteiger partial charge in [0.2, 0.25) is 11.8 Å². The van der Waals surface area contributed by atoms with E-state index < -0.39 is 5.91 Å². The smallest absolute Gasteiger partial charge is 0.244 e. The molecule has 6 heteroatoms. The van der Waals surface area contributed by atoms with Crippen molar-refractivity contribution >= 4 is 29.0 Å². The van der Waals surface area contributed by atoms with Gasteiger partial charge in [-0.1, -0.05) is 24.3 Å². The normalized spacial score (nSPS) is 9.80. The fourth-order valence-electron chi connectivity index (χ4n) is 2.33. The van der Waals surface area contributed by atoms with E-state index in [2.05, 4.69) is 5.32 Å². The Morgan fingerprint density at radius 1 is 1.08 bits per heavy atom. The van der Waals surface area contributed by atoms with Crippen LogP contribution in [0.1, 0.15) is 29.8 Å². The maximum Gasteiger partial charge on any atom is 0.244 e. The van der Waals surface area contributed by atoms with E-state index in [0.29, 0.717) is 22.5 Å². The number of carbonyl (C=O) groups is 3. The summed E-state index contributed by atoms with van der Waals surface area (Å²) in [6, 6.07) is 15.1. The van der Waals surface area contributed by atoms with Crippen molar-refractivity contribution in [2.24, 2.45) is 0 Å². The molecule has 0 saturated carbocycles. The zero-order chi connectivity index (χ0) is 18.4. The van der Waals surface area contributed by atoms with E-state index in [1.54, 1.807) is 48.5 Å². The molecule has 25 heavy (non-hydrogen) atoms. The quantitative estimate of drug-likeness (QED) is 0.851. The van der Waals surface area contributed by atoms with Gasteiger partial charge in [0.25, 0.3) is 0 Å². The topological polar surface area (TPSA) is 90.3 Å². The van der Waals surface area contributed by atoms with Crippen LogP contribution in [-0.4, -0.2) is 24.1 Å². The van der Waals surface area contributed by atoms with Gasteiger partial charge in [-0.2, -0.15) is 5.26 Å². The summed E-state index contributed by atoms with van der Waals surface area (Å²) in [7, 11) is 0. The fraction of sp³-hybridized carbons (Fsp3) is 0.158. The van der Waals surface area contributed by atoms with E-state index in [4.69, 9.17) is 0 Å². The second kappa shape index (κ2) is 7.88. The van der Waals surface area contributed by atoms with E-state index in [1.807, 2.05) is 6.07 Å². The highest BCUT2D eigenvalue weighted by Crippen LogP contribution is 2.20. The highest BCUT2D eigenvalue weighted by molar-refractivity contribution is 6.03. The Labute approximate surface area is 145 Å². The molecular formula is C19H17N3O3. The van der Waals surface area contributed by atoms with Crippen molar-refractivity contribution < 1.29 is 14.4 Å². The van der Waals surface area contributed by atoms with Crippen molar-refractivity contribution in [3.63, 3.8) is 0 Å². The summed E-state index contributed by atoms with van der Waals surface area (Å²) in [5, 5.41) is 11.8. The minimum atomic E-state index is -0.427. The zero-order valence-corrected chi connectivity index (χ0v) is 13.9. The van der Waals surface area contributed by atoms with Crippen LogP contribution in [0.2, 0.25) is 0 Å². The molecule has 0 unspecified atom stereocenters. The van der Waals surface area contributed by atoms with Gasteiger partial charge in [0.15, 0.2) is 5.78 Å². The molecule has 2 rings (SSSR count). The van der Waals surface area contributed by atoms with Crippen LogP contribution in [0.3, 0.4) is 0 Å². The lowest BCUT2D eigenvalue weighted by atomic mass is 10.1. The minimum Gasteiger partial charge on any atom is -0.325 e. The molecule has 0 heterocycles. The second-order valence-electron chi connectivity index (χ2n) is 5.42. The summed E-state index contributed by atoms with van der Waals surface area (Å²) in [6.07, 6.45) is 0. The Hall–Kier alpha value is -3.46. The highest BCUT2D eigenvalue weighted by atomic mass is 16.2. The van der Waals surface area contributed by atoms with Gasteiger partial charge >= 0.3 is 0 Å². The number of rotatable bonds is 5. The van der Waals surface area contributed by atoms with Crippen LogP contribution in [0.4, 0.5) is 11.4 Å². The van der Waals surface area contributed by atoms with Crippen molar-refractivity contribution in [1.82, 2.24) is 0 Å². The maximum atomic E-state index is 12.3. The van der Waals surface area contributed by atoms with Crippen LogP contribution in [0, 0.1) is 11.3 Å². The van der Waals surface area contributed by atoms with Gasteiger partial charge in [-0.3, -0.25) is 14.4 Å². The molecule has 0 aliphatic carbocycles. The first-order chi connectivity index (χ1) is 11.9. The molecule has 2 aromatic carbocycles. The predicted octanol–water partition coefficient (Wildman–Crippen LogP) is 2.75. The molecule has 2 aromatic rings. The van der Waals surface area contributed by atoms with Crippen LogP contribution in [0.25, 0.3) is 0 Å². The molecule has 126 valence electrons. The Balaban J connectivity index is 2.19. The number of Topliss-reactive ketones (excluding diaryl/α,β-unsaturated/α-hetero) is 1. The molecule has 6 nitrogen and oxygen atoms in total. The van der Waals surface area contributed by atoms with E-state index in [-0.39, 0.29) is 18.2 Å². The maximum absolute atomic E-state index is 12.3. The van der Waals surface area contributed by atoms with Crippen LogP contribution in [-0.2, 0) is 9.59 Å². The summed E-state index contributed by atoms with van der Waals surface area (Å²) in [4.78, 5) is 36.9. The van der Waals surface area contributed by atoms with Crippen molar-refractivity contribution in [3.8, 4) is 6.07 Å². The Morgan fingerprint density at radius 3 is 2.44 bits per heavy atom. The molecule has 0 bridgehead atoms. The predicted molar refractivity (Wildman–Crippen MR) is 94.3 cm³/mol. The van der Waals surface area contributed by atoms with E-state index in [9.17, 15) is 19.6 Å². The zero-order valence-electron chi connectivity index (χ0n) is 13.9. The second-order valence-corrected chi connectivity index (χ2v) is 5.42. The molecule has 0 aromatic heterocycles. The average molecular weight is 335 g/mol. The SMILES string of the molecule is CC(=O)c1cccc(NC(=O)CN(C(C)=O)c2ccccc2C#N)c1. The third-order valence-corrected chi connectivity index (χ3v) is 3.55. The number of ketones is 1. The third-order valence-electron chi connectivity index (χ3n) is 3.55. The number of nitriles is 1. The summed E-state index contributed by atoms with van der Waals surface area (Å²) < 4.78 is 0. The first-order valence-corrected chi connectivity index (χ1v) is 7.60. The number of nitrogens with zero attached hydrogens (tertiary/aromatic N) is 2. The lowest BCUT2D eigenvalue weighted by Crippen LogP contribution is -2.37. The van der Waals surface area contributed by atoms with Crippen LogP contribution in [0.15, 0.2) is 48.5 Å². The van der Waals surface area contributed by atoms with Gasteiger partial charge in [-0.05, 0) is 31.2 Å². The summed E-state index contributed by atoms with van der Waals surface area (Å²) in [5.74, 6) is -0.886. The summed E-state index contributed by atoms with van der Waals surface area (Å²) >= 11 is 0.